The Morgan fingerprint density at radius 2 is 1.52 bits per heavy atom. The van der Waals surface area contributed by atoms with Gasteiger partial charge in [-0.05, 0) is 45.0 Å². The van der Waals surface area contributed by atoms with E-state index in [1.54, 1.807) is 0 Å². The third-order valence-corrected chi connectivity index (χ3v) is 5.67. The molecule has 0 aromatic heterocycles. The van der Waals surface area contributed by atoms with Crippen molar-refractivity contribution in [3.05, 3.63) is 41.5 Å². The highest BCUT2D eigenvalue weighted by Crippen LogP contribution is 2.54. The molecule has 178 valence electrons. The molecule has 3 heterocycles. The minimum atomic E-state index is -5.16. The molecule has 0 spiro atoms. The summed E-state index contributed by atoms with van der Waals surface area (Å²) in [6.45, 7) is 4.59. The maximum atomic E-state index is 13.3. The molecule has 2 saturated heterocycles. The van der Waals surface area contributed by atoms with Crippen molar-refractivity contribution in [2.24, 2.45) is 17.3 Å². The summed E-state index contributed by atoms with van der Waals surface area (Å²) in [6, 6.07) is 0.503. The maximum absolute atomic E-state index is 13.3. The van der Waals surface area contributed by atoms with E-state index in [4.69, 9.17) is 9.47 Å². The Hall–Kier alpha value is -2.89. The number of alkyl halides is 6. The van der Waals surface area contributed by atoms with Gasteiger partial charge in [-0.1, -0.05) is 6.08 Å². The SMILES string of the molecule is CC(C)(C)C(=O)O[C@@]12C=C[C@@H](O1)[C@@H]1C(=O)N(c3cc(C(F)(F)F)cc(C(F)(F)F)c3)C(=O)[C@@H]12. The van der Waals surface area contributed by atoms with Crippen LogP contribution in [0.15, 0.2) is 30.4 Å². The average Bonchev–Trinajstić information content (AvgIpc) is 3.29. The van der Waals surface area contributed by atoms with Gasteiger partial charge in [-0.25, -0.2) is 4.90 Å². The van der Waals surface area contributed by atoms with Gasteiger partial charge >= 0.3 is 18.3 Å². The monoisotopic (exact) mass is 477 g/mol. The first-order valence-electron chi connectivity index (χ1n) is 9.74. The van der Waals surface area contributed by atoms with Gasteiger partial charge in [-0.15, -0.1) is 0 Å². The van der Waals surface area contributed by atoms with E-state index in [1.807, 2.05) is 0 Å². The highest BCUT2D eigenvalue weighted by molar-refractivity contribution is 6.23. The first kappa shape index (κ1) is 23.3. The first-order valence-corrected chi connectivity index (χ1v) is 9.74. The molecule has 0 aliphatic carbocycles. The van der Waals surface area contributed by atoms with Crippen LogP contribution in [0.2, 0.25) is 0 Å². The van der Waals surface area contributed by atoms with Crippen molar-refractivity contribution in [1.29, 1.82) is 0 Å². The highest BCUT2D eigenvalue weighted by Gasteiger charge is 2.70. The number of nitrogens with zero attached hydrogens (tertiary/aromatic N) is 1. The lowest BCUT2D eigenvalue weighted by Gasteiger charge is -2.31. The Morgan fingerprint density at radius 3 is 2.00 bits per heavy atom. The van der Waals surface area contributed by atoms with Crippen molar-refractivity contribution in [2.75, 3.05) is 4.90 Å². The lowest BCUT2D eigenvalue weighted by Crippen LogP contribution is -2.46. The number of hydrogen-bond donors (Lipinski definition) is 0. The lowest BCUT2D eigenvalue weighted by molar-refractivity contribution is -0.212. The summed E-state index contributed by atoms with van der Waals surface area (Å²) in [7, 11) is 0. The molecular formula is C21H17F6NO5. The molecule has 3 aliphatic rings. The number of halogens is 6. The van der Waals surface area contributed by atoms with Crippen LogP contribution < -0.4 is 4.90 Å². The summed E-state index contributed by atoms with van der Waals surface area (Å²) in [5.41, 5.74) is -5.23. The third-order valence-electron chi connectivity index (χ3n) is 5.67. The van der Waals surface area contributed by atoms with E-state index in [0.29, 0.717) is 12.1 Å². The second kappa shape index (κ2) is 6.81. The van der Waals surface area contributed by atoms with Crippen molar-refractivity contribution in [1.82, 2.24) is 0 Å². The molecule has 0 saturated carbocycles. The van der Waals surface area contributed by atoms with Gasteiger partial charge in [-0.2, -0.15) is 26.3 Å². The Kier molecular flexibility index (Phi) is 4.80. The number of fused-ring (bicyclic) bond motifs is 5. The molecule has 1 aromatic carbocycles. The molecule has 12 heteroatoms. The molecule has 2 bridgehead atoms. The van der Waals surface area contributed by atoms with Gasteiger partial charge in [0.2, 0.25) is 17.6 Å². The number of carbonyl (C=O) groups is 3. The summed E-state index contributed by atoms with van der Waals surface area (Å²) in [4.78, 5) is 38.9. The second-order valence-corrected chi connectivity index (χ2v) is 9.08. The van der Waals surface area contributed by atoms with E-state index < -0.39 is 76.1 Å². The largest absolute Gasteiger partial charge is 0.428 e. The van der Waals surface area contributed by atoms with Crippen LogP contribution in [0.3, 0.4) is 0 Å². The molecule has 0 unspecified atom stereocenters. The van der Waals surface area contributed by atoms with Gasteiger partial charge in [0.25, 0.3) is 0 Å². The number of hydrogen-bond acceptors (Lipinski definition) is 5. The van der Waals surface area contributed by atoms with Crippen LogP contribution in [-0.4, -0.2) is 29.7 Å². The van der Waals surface area contributed by atoms with Crippen LogP contribution in [0.25, 0.3) is 0 Å². The number of esters is 1. The normalized spacial score (nSPS) is 29.1. The van der Waals surface area contributed by atoms with Crippen molar-refractivity contribution in [3.8, 4) is 0 Å². The number of ether oxygens (including phenoxy) is 2. The molecule has 0 radical (unpaired) electrons. The molecule has 1 aromatic rings. The lowest BCUT2D eigenvalue weighted by atomic mass is 9.82. The summed E-state index contributed by atoms with van der Waals surface area (Å²) >= 11 is 0. The van der Waals surface area contributed by atoms with E-state index in [-0.39, 0.29) is 11.0 Å². The van der Waals surface area contributed by atoms with E-state index in [2.05, 4.69) is 0 Å². The molecule has 3 aliphatic heterocycles. The molecule has 33 heavy (non-hydrogen) atoms. The first-order chi connectivity index (χ1) is 15.0. The Morgan fingerprint density at radius 1 is 0.970 bits per heavy atom. The van der Waals surface area contributed by atoms with Crippen molar-refractivity contribution >= 4 is 23.5 Å². The minimum absolute atomic E-state index is 0.101. The van der Waals surface area contributed by atoms with Crippen LogP contribution in [0.1, 0.15) is 31.9 Å². The van der Waals surface area contributed by atoms with Crippen molar-refractivity contribution in [2.45, 2.75) is 45.0 Å². The predicted molar refractivity (Wildman–Crippen MR) is 98.2 cm³/mol. The summed E-state index contributed by atoms with van der Waals surface area (Å²) in [5, 5.41) is 0. The Labute approximate surface area is 183 Å². The number of carbonyl (C=O) groups excluding carboxylic acids is 3. The molecule has 4 rings (SSSR count). The van der Waals surface area contributed by atoms with E-state index in [9.17, 15) is 40.7 Å². The standard InChI is InChI=1S/C21H17F6NO5/c1-18(2,3)17(31)33-19-5-4-12(32-19)13-14(19)16(30)28(15(13)29)11-7-9(20(22,23)24)6-10(8-11)21(25,26)27/h4-8,12-14H,1-3H3/t12-,13+,14-,19-/m1/s1. The van der Waals surface area contributed by atoms with E-state index in [0.717, 1.165) is 0 Å². The fourth-order valence-electron chi connectivity index (χ4n) is 4.08. The van der Waals surface area contributed by atoms with Gasteiger partial charge in [0.05, 0.1) is 34.3 Å². The van der Waals surface area contributed by atoms with Crippen molar-refractivity contribution < 1.29 is 50.2 Å². The summed E-state index contributed by atoms with van der Waals surface area (Å²) < 4.78 is 90.5. The van der Waals surface area contributed by atoms with E-state index >= 15 is 0 Å². The fraction of sp³-hybridized carbons (Fsp3) is 0.476. The second-order valence-electron chi connectivity index (χ2n) is 9.08. The van der Waals surface area contributed by atoms with Crippen LogP contribution in [0.5, 0.6) is 0 Å². The number of benzene rings is 1. The third kappa shape index (κ3) is 3.60. The van der Waals surface area contributed by atoms with Crippen LogP contribution in [0.4, 0.5) is 32.0 Å². The molecule has 4 atom stereocenters. The Bertz CT molecular complexity index is 1050. The van der Waals surface area contributed by atoms with Crippen LogP contribution >= 0.6 is 0 Å². The van der Waals surface area contributed by atoms with Gasteiger partial charge in [0.1, 0.15) is 5.92 Å². The molecule has 2 fully saturated rings. The zero-order valence-electron chi connectivity index (χ0n) is 17.4. The zero-order chi connectivity index (χ0) is 24.7. The Balaban J connectivity index is 1.77. The van der Waals surface area contributed by atoms with E-state index in [1.165, 1.54) is 32.9 Å². The topological polar surface area (TPSA) is 72.9 Å². The van der Waals surface area contributed by atoms with Gasteiger partial charge in [-0.3, -0.25) is 14.4 Å². The summed E-state index contributed by atoms with van der Waals surface area (Å²) in [5.74, 6) is -7.62. The minimum Gasteiger partial charge on any atom is -0.428 e. The number of anilines is 1. The van der Waals surface area contributed by atoms with Crippen molar-refractivity contribution in [3.63, 3.8) is 0 Å². The molecular weight excluding hydrogens is 460 g/mol. The number of imide groups is 1. The number of amides is 2. The predicted octanol–water partition coefficient (Wildman–Crippen LogP) is 4.08. The van der Waals surface area contributed by atoms with Gasteiger partial charge < -0.3 is 9.47 Å². The summed E-state index contributed by atoms with van der Waals surface area (Å²) in [6.07, 6.45) is -8.71. The quantitative estimate of drug-likeness (QED) is 0.278. The smallest absolute Gasteiger partial charge is 0.416 e. The fourth-order valence-corrected chi connectivity index (χ4v) is 4.08. The van der Waals surface area contributed by atoms with Gasteiger partial charge in [0.15, 0.2) is 0 Å². The van der Waals surface area contributed by atoms with Crippen LogP contribution in [-0.2, 0) is 36.2 Å². The van der Waals surface area contributed by atoms with Gasteiger partial charge in [0, 0.05) is 0 Å². The molecule has 6 nitrogen and oxygen atoms in total. The number of rotatable bonds is 2. The van der Waals surface area contributed by atoms with Crippen LogP contribution in [0, 0.1) is 17.3 Å². The maximum Gasteiger partial charge on any atom is 0.416 e. The molecule has 0 N–H and O–H groups in total. The highest BCUT2D eigenvalue weighted by atomic mass is 19.4. The average molecular weight is 477 g/mol. The molecule has 2 amide bonds. The zero-order valence-corrected chi connectivity index (χ0v) is 17.4.